The van der Waals surface area contributed by atoms with Crippen LogP contribution in [-0.2, 0) is 14.4 Å². The SMILES string of the molecule is C=C1C[C@]23C[C@H]1CC[C@H]2[C@]1(C=O)C[C@H](O)C[C@](C)(C(=O)O)[C@H]1[C@@H]3C(=O)O. The number of carboxylic acids is 2. The Labute approximate surface area is 152 Å². The van der Waals surface area contributed by atoms with Gasteiger partial charge in [0.2, 0.25) is 0 Å². The third kappa shape index (κ3) is 1.83. The molecule has 0 radical (unpaired) electrons. The Morgan fingerprint density at radius 1 is 1.19 bits per heavy atom. The van der Waals surface area contributed by atoms with E-state index in [0.717, 1.165) is 18.3 Å². The van der Waals surface area contributed by atoms with Gasteiger partial charge in [0.1, 0.15) is 6.29 Å². The standard InChI is InChI=1S/C20H26O6/c1-10-5-19-6-11(10)3-4-13(19)20(9-21)8-12(22)7-18(2,17(25)26)15(20)14(19)16(23)24/h9,11-15,22H,1,3-8H2,2H3,(H,23,24)(H,25,26)/t11-,12-,13-,14-,15-,18+,19+,20-/m1/s1. The van der Waals surface area contributed by atoms with Crippen LogP contribution in [0.1, 0.15) is 45.4 Å². The highest BCUT2D eigenvalue weighted by Gasteiger charge is 2.77. The van der Waals surface area contributed by atoms with Crippen molar-refractivity contribution in [2.75, 3.05) is 0 Å². The summed E-state index contributed by atoms with van der Waals surface area (Å²) in [6.07, 6.45) is 2.83. The van der Waals surface area contributed by atoms with Gasteiger partial charge in [0.15, 0.2) is 0 Å². The average Bonchev–Trinajstić information content (AvgIpc) is 2.95. The van der Waals surface area contributed by atoms with Crippen molar-refractivity contribution < 1.29 is 29.7 Å². The summed E-state index contributed by atoms with van der Waals surface area (Å²) >= 11 is 0. The van der Waals surface area contributed by atoms with Gasteiger partial charge in [0.25, 0.3) is 0 Å². The molecule has 0 aromatic rings. The molecule has 4 aliphatic rings. The fourth-order valence-corrected chi connectivity index (χ4v) is 7.73. The fourth-order valence-electron chi connectivity index (χ4n) is 7.73. The van der Waals surface area contributed by atoms with Crippen molar-refractivity contribution in [3.05, 3.63) is 12.2 Å². The quantitative estimate of drug-likeness (QED) is 0.524. The molecular weight excluding hydrogens is 336 g/mol. The summed E-state index contributed by atoms with van der Waals surface area (Å²) in [5.41, 5.74) is -2.11. The molecule has 0 unspecified atom stereocenters. The van der Waals surface area contributed by atoms with E-state index in [1.54, 1.807) is 0 Å². The lowest BCUT2D eigenvalue weighted by Gasteiger charge is -2.50. The van der Waals surface area contributed by atoms with E-state index in [9.17, 15) is 29.7 Å². The van der Waals surface area contributed by atoms with E-state index in [-0.39, 0.29) is 24.7 Å². The third-order valence-corrected chi connectivity index (χ3v) is 8.35. The molecule has 4 rings (SSSR count). The number of carboxylic acid groups (broad SMARTS) is 2. The first-order valence-electron chi connectivity index (χ1n) is 9.40. The predicted molar refractivity (Wildman–Crippen MR) is 91.1 cm³/mol. The first kappa shape index (κ1) is 17.7. The van der Waals surface area contributed by atoms with Gasteiger partial charge in [-0.15, -0.1) is 0 Å². The van der Waals surface area contributed by atoms with Crippen molar-refractivity contribution in [1.29, 1.82) is 0 Å². The Kier molecular flexibility index (Phi) is 3.53. The zero-order chi connectivity index (χ0) is 19.1. The van der Waals surface area contributed by atoms with E-state index in [1.807, 2.05) is 0 Å². The van der Waals surface area contributed by atoms with Crippen molar-refractivity contribution >= 4 is 18.2 Å². The minimum absolute atomic E-state index is 0.0143. The first-order valence-corrected chi connectivity index (χ1v) is 9.40. The van der Waals surface area contributed by atoms with Crippen LogP contribution in [0.25, 0.3) is 0 Å². The molecule has 0 aliphatic heterocycles. The lowest BCUT2D eigenvalue weighted by molar-refractivity contribution is -0.174. The largest absolute Gasteiger partial charge is 0.481 e. The summed E-state index contributed by atoms with van der Waals surface area (Å²) in [6.45, 7) is 5.67. The van der Waals surface area contributed by atoms with Crippen molar-refractivity contribution in [3.8, 4) is 0 Å². The Morgan fingerprint density at radius 2 is 1.88 bits per heavy atom. The molecule has 1 spiro atoms. The van der Waals surface area contributed by atoms with Gasteiger partial charge >= 0.3 is 11.9 Å². The van der Waals surface area contributed by atoms with Crippen LogP contribution in [-0.4, -0.2) is 39.6 Å². The number of allylic oxidation sites excluding steroid dienone is 1. The Balaban J connectivity index is 1.98. The molecule has 4 saturated carbocycles. The van der Waals surface area contributed by atoms with Gasteiger partial charge in [0, 0.05) is 11.3 Å². The number of hydrogen-bond acceptors (Lipinski definition) is 4. The molecule has 4 fully saturated rings. The van der Waals surface area contributed by atoms with Gasteiger partial charge in [-0.2, -0.15) is 0 Å². The van der Waals surface area contributed by atoms with E-state index >= 15 is 0 Å². The van der Waals surface area contributed by atoms with Crippen molar-refractivity contribution in [2.45, 2.75) is 51.6 Å². The van der Waals surface area contributed by atoms with Gasteiger partial charge in [-0.25, -0.2) is 0 Å². The molecule has 8 atom stereocenters. The van der Waals surface area contributed by atoms with Gasteiger partial charge in [-0.05, 0) is 62.7 Å². The monoisotopic (exact) mass is 362 g/mol. The topological polar surface area (TPSA) is 112 Å². The molecule has 6 heteroatoms. The van der Waals surface area contributed by atoms with Gasteiger partial charge in [0.05, 0.1) is 17.4 Å². The van der Waals surface area contributed by atoms with Crippen molar-refractivity contribution in [3.63, 3.8) is 0 Å². The molecule has 142 valence electrons. The Hall–Kier alpha value is -1.69. The summed E-state index contributed by atoms with van der Waals surface area (Å²) in [7, 11) is 0. The fraction of sp³-hybridized carbons (Fsp3) is 0.750. The minimum atomic E-state index is -1.44. The molecule has 0 aromatic carbocycles. The highest BCUT2D eigenvalue weighted by atomic mass is 16.4. The number of carbonyl (C=O) groups excluding carboxylic acids is 1. The molecule has 0 heterocycles. The predicted octanol–water partition coefficient (Wildman–Crippen LogP) is 2.11. The Bertz CT molecular complexity index is 715. The molecule has 6 nitrogen and oxygen atoms in total. The molecule has 0 aromatic heterocycles. The lowest BCUT2D eigenvalue weighted by atomic mass is 9.52. The molecular formula is C20H26O6. The zero-order valence-corrected chi connectivity index (χ0v) is 15.0. The molecule has 4 aliphatic carbocycles. The van der Waals surface area contributed by atoms with Crippen LogP contribution in [0.15, 0.2) is 12.2 Å². The summed E-state index contributed by atoms with van der Waals surface area (Å²) in [5, 5.41) is 30.7. The van der Waals surface area contributed by atoms with Crippen molar-refractivity contribution in [1.82, 2.24) is 0 Å². The van der Waals surface area contributed by atoms with Crippen LogP contribution in [0.4, 0.5) is 0 Å². The lowest BCUT2D eigenvalue weighted by Crippen LogP contribution is -2.55. The zero-order valence-electron chi connectivity index (χ0n) is 15.0. The van der Waals surface area contributed by atoms with Crippen LogP contribution in [0.2, 0.25) is 0 Å². The van der Waals surface area contributed by atoms with Crippen LogP contribution in [0.3, 0.4) is 0 Å². The normalized spacial score (nSPS) is 52.2. The van der Waals surface area contributed by atoms with E-state index < -0.39 is 46.1 Å². The number of aliphatic hydroxyl groups is 1. The van der Waals surface area contributed by atoms with E-state index in [1.165, 1.54) is 6.92 Å². The number of aldehydes is 1. The minimum Gasteiger partial charge on any atom is -0.481 e. The molecule has 2 bridgehead atoms. The molecule has 0 amide bonds. The van der Waals surface area contributed by atoms with E-state index in [0.29, 0.717) is 19.3 Å². The summed E-state index contributed by atoms with van der Waals surface area (Å²) < 4.78 is 0. The second-order valence-corrected chi connectivity index (χ2v) is 9.41. The second kappa shape index (κ2) is 5.18. The molecule has 26 heavy (non-hydrogen) atoms. The average molecular weight is 362 g/mol. The number of rotatable bonds is 3. The Morgan fingerprint density at radius 3 is 2.46 bits per heavy atom. The maximum Gasteiger partial charge on any atom is 0.309 e. The molecule has 3 N–H and O–H groups in total. The third-order valence-electron chi connectivity index (χ3n) is 8.35. The van der Waals surface area contributed by atoms with Crippen molar-refractivity contribution in [2.24, 2.45) is 39.9 Å². The smallest absolute Gasteiger partial charge is 0.309 e. The summed E-state index contributed by atoms with van der Waals surface area (Å²) in [4.78, 5) is 37.2. The van der Waals surface area contributed by atoms with Crippen LogP contribution >= 0.6 is 0 Å². The number of hydrogen-bond donors (Lipinski definition) is 3. The highest BCUT2D eigenvalue weighted by molar-refractivity contribution is 5.82. The number of fused-ring (bicyclic) bond motifs is 3. The van der Waals surface area contributed by atoms with Gasteiger partial charge in [-0.3, -0.25) is 9.59 Å². The maximum absolute atomic E-state index is 12.5. The van der Waals surface area contributed by atoms with Crippen LogP contribution in [0, 0.1) is 39.9 Å². The van der Waals surface area contributed by atoms with E-state index in [2.05, 4.69) is 6.58 Å². The van der Waals surface area contributed by atoms with E-state index in [4.69, 9.17) is 0 Å². The highest BCUT2D eigenvalue weighted by Crippen LogP contribution is 2.77. The van der Waals surface area contributed by atoms with Crippen LogP contribution in [0.5, 0.6) is 0 Å². The number of aliphatic carboxylic acids is 2. The first-order chi connectivity index (χ1) is 12.1. The number of aliphatic hydroxyl groups excluding tert-OH is 1. The summed E-state index contributed by atoms with van der Waals surface area (Å²) in [6, 6.07) is 0. The number of carbonyl (C=O) groups is 3. The van der Waals surface area contributed by atoms with Gasteiger partial charge in [-0.1, -0.05) is 12.2 Å². The second-order valence-electron chi connectivity index (χ2n) is 9.41. The summed E-state index contributed by atoms with van der Waals surface area (Å²) in [5.74, 6) is -3.78. The van der Waals surface area contributed by atoms with Gasteiger partial charge < -0.3 is 20.1 Å². The van der Waals surface area contributed by atoms with Crippen LogP contribution < -0.4 is 0 Å². The maximum atomic E-state index is 12.5. The molecule has 0 saturated heterocycles.